The van der Waals surface area contributed by atoms with Gasteiger partial charge in [-0.25, -0.2) is 17.5 Å². The number of rotatable bonds is 4. The predicted octanol–water partition coefficient (Wildman–Crippen LogP) is 1.22. The number of benzene rings is 1. The fourth-order valence-electron chi connectivity index (χ4n) is 2.58. The lowest BCUT2D eigenvalue weighted by Crippen LogP contribution is -2.56. The molecule has 0 aliphatic heterocycles. The number of aliphatic hydroxyl groups excluding tert-OH is 1. The summed E-state index contributed by atoms with van der Waals surface area (Å²) in [7, 11) is -3.85. The van der Waals surface area contributed by atoms with E-state index in [1.165, 1.54) is 13.8 Å². The van der Waals surface area contributed by atoms with Crippen molar-refractivity contribution in [1.82, 2.24) is 4.72 Å². The van der Waals surface area contributed by atoms with Gasteiger partial charge in [0, 0.05) is 0 Å². The topological polar surface area (TPSA) is 92.4 Å². The van der Waals surface area contributed by atoms with E-state index >= 15 is 0 Å². The number of aliphatic hydroxyl groups is 1. The van der Waals surface area contributed by atoms with E-state index in [0.717, 1.165) is 12.5 Å². The number of halogens is 1. The molecule has 1 aliphatic rings. The molecule has 0 unspecified atom stereocenters. The Hall–Kier alpha value is -1.18. The zero-order valence-corrected chi connectivity index (χ0v) is 12.3. The molecule has 0 aromatic heterocycles. The lowest BCUT2D eigenvalue weighted by atomic mass is 9.78. The Kier molecular flexibility index (Phi) is 3.79. The van der Waals surface area contributed by atoms with E-state index in [4.69, 9.17) is 5.73 Å². The summed E-state index contributed by atoms with van der Waals surface area (Å²) in [5, 5.41) is 9.37. The summed E-state index contributed by atoms with van der Waals surface area (Å²) >= 11 is 0. The van der Waals surface area contributed by atoms with Crippen molar-refractivity contribution in [2.45, 2.75) is 43.5 Å². The quantitative estimate of drug-likeness (QED) is 0.729. The van der Waals surface area contributed by atoms with Crippen LogP contribution in [0.2, 0.25) is 0 Å². The van der Waals surface area contributed by atoms with Gasteiger partial charge < -0.3 is 10.8 Å². The molecule has 0 amide bonds. The van der Waals surface area contributed by atoms with Gasteiger partial charge in [-0.1, -0.05) is 0 Å². The molecule has 20 heavy (non-hydrogen) atoms. The molecule has 5 nitrogen and oxygen atoms in total. The van der Waals surface area contributed by atoms with Crippen molar-refractivity contribution < 1.29 is 17.9 Å². The molecule has 0 spiro atoms. The SMILES string of the molecule is Cc1cc(F)c(N)c(C)c1S(=O)(=O)NC1(CO)CCC1. The number of nitrogen functional groups attached to an aromatic ring is 1. The summed E-state index contributed by atoms with van der Waals surface area (Å²) in [4.78, 5) is -0.00359. The zero-order chi connectivity index (χ0) is 15.1. The van der Waals surface area contributed by atoms with Crippen LogP contribution in [0.25, 0.3) is 0 Å². The molecule has 0 saturated heterocycles. The highest BCUT2D eigenvalue weighted by atomic mass is 32.2. The average molecular weight is 302 g/mol. The van der Waals surface area contributed by atoms with Crippen molar-refractivity contribution in [3.8, 4) is 0 Å². The molecule has 1 saturated carbocycles. The molecule has 2 rings (SSSR count). The largest absolute Gasteiger partial charge is 0.396 e. The summed E-state index contributed by atoms with van der Waals surface area (Å²) in [6.07, 6.45) is 2.06. The molecular weight excluding hydrogens is 283 g/mol. The van der Waals surface area contributed by atoms with Crippen LogP contribution in [-0.2, 0) is 10.0 Å². The number of nitrogens with two attached hydrogens (primary N) is 1. The van der Waals surface area contributed by atoms with Crippen molar-refractivity contribution in [2.24, 2.45) is 0 Å². The maximum absolute atomic E-state index is 13.5. The molecule has 1 aliphatic carbocycles. The van der Waals surface area contributed by atoms with Crippen LogP contribution >= 0.6 is 0 Å². The van der Waals surface area contributed by atoms with E-state index in [1.54, 1.807) is 0 Å². The number of anilines is 1. The van der Waals surface area contributed by atoms with E-state index in [-0.39, 0.29) is 22.8 Å². The standard InChI is InChI=1S/C13H19FN2O3S/c1-8-6-10(14)11(15)9(2)12(8)20(18,19)16-13(7-17)4-3-5-13/h6,16-17H,3-5,7,15H2,1-2H3. The van der Waals surface area contributed by atoms with Crippen molar-refractivity contribution in [1.29, 1.82) is 0 Å². The van der Waals surface area contributed by atoms with Crippen LogP contribution in [0, 0.1) is 19.7 Å². The fraction of sp³-hybridized carbons (Fsp3) is 0.538. The van der Waals surface area contributed by atoms with Gasteiger partial charge in [-0.15, -0.1) is 0 Å². The highest BCUT2D eigenvalue weighted by molar-refractivity contribution is 7.89. The Morgan fingerprint density at radius 2 is 2.05 bits per heavy atom. The first kappa shape index (κ1) is 15.2. The molecule has 0 heterocycles. The second-order valence-electron chi connectivity index (χ2n) is 5.44. The minimum atomic E-state index is -3.85. The summed E-state index contributed by atoms with van der Waals surface area (Å²) in [6, 6.07) is 1.11. The summed E-state index contributed by atoms with van der Waals surface area (Å²) in [5.41, 5.74) is 5.12. The molecule has 0 bridgehead atoms. The second kappa shape index (κ2) is 4.98. The first-order valence-corrected chi connectivity index (χ1v) is 7.91. The van der Waals surface area contributed by atoms with Gasteiger partial charge in [0.15, 0.2) is 0 Å². The van der Waals surface area contributed by atoms with Crippen molar-refractivity contribution in [3.63, 3.8) is 0 Å². The van der Waals surface area contributed by atoms with Crippen LogP contribution in [0.5, 0.6) is 0 Å². The predicted molar refractivity (Wildman–Crippen MR) is 74.3 cm³/mol. The Bertz CT molecular complexity index is 634. The number of hydrogen-bond acceptors (Lipinski definition) is 4. The Morgan fingerprint density at radius 1 is 1.45 bits per heavy atom. The monoisotopic (exact) mass is 302 g/mol. The van der Waals surface area contributed by atoms with Gasteiger partial charge in [0.2, 0.25) is 10.0 Å². The molecule has 1 aromatic carbocycles. The number of hydrogen-bond donors (Lipinski definition) is 3. The summed E-state index contributed by atoms with van der Waals surface area (Å²) < 4.78 is 41.1. The molecule has 1 fully saturated rings. The first-order chi connectivity index (χ1) is 9.22. The van der Waals surface area contributed by atoms with Gasteiger partial charge in [-0.3, -0.25) is 0 Å². The summed E-state index contributed by atoms with van der Waals surface area (Å²) in [5.74, 6) is -0.625. The highest BCUT2D eigenvalue weighted by Crippen LogP contribution is 2.35. The van der Waals surface area contributed by atoms with E-state index < -0.39 is 21.4 Å². The zero-order valence-electron chi connectivity index (χ0n) is 11.5. The smallest absolute Gasteiger partial charge is 0.241 e. The minimum Gasteiger partial charge on any atom is -0.396 e. The third-order valence-electron chi connectivity index (χ3n) is 3.94. The molecule has 0 radical (unpaired) electrons. The van der Waals surface area contributed by atoms with Crippen LogP contribution in [0.4, 0.5) is 10.1 Å². The van der Waals surface area contributed by atoms with Gasteiger partial charge >= 0.3 is 0 Å². The van der Waals surface area contributed by atoms with Gasteiger partial charge in [-0.2, -0.15) is 0 Å². The van der Waals surface area contributed by atoms with Crippen LogP contribution in [0.3, 0.4) is 0 Å². The van der Waals surface area contributed by atoms with Crippen molar-refractivity contribution in [2.75, 3.05) is 12.3 Å². The van der Waals surface area contributed by atoms with Crippen LogP contribution in [0.15, 0.2) is 11.0 Å². The maximum atomic E-state index is 13.5. The molecule has 112 valence electrons. The fourth-order valence-corrected chi connectivity index (χ4v) is 4.51. The van der Waals surface area contributed by atoms with E-state index in [2.05, 4.69) is 4.72 Å². The number of sulfonamides is 1. The van der Waals surface area contributed by atoms with E-state index in [0.29, 0.717) is 18.4 Å². The maximum Gasteiger partial charge on any atom is 0.241 e. The van der Waals surface area contributed by atoms with Crippen LogP contribution < -0.4 is 10.5 Å². The molecule has 1 aromatic rings. The molecular formula is C13H19FN2O3S. The summed E-state index contributed by atoms with van der Waals surface area (Å²) in [6.45, 7) is 2.75. The van der Waals surface area contributed by atoms with Crippen LogP contribution in [-0.4, -0.2) is 25.7 Å². The molecule has 4 N–H and O–H groups in total. The first-order valence-electron chi connectivity index (χ1n) is 6.42. The van der Waals surface area contributed by atoms with E-state index in [1.807, 2.05) is 0 Å². The number of nitrogens with one attached hydrogen (secondary N) is 1. The molecule has 7 heteroatoms. The lowest BCUT2D eigenvalue weighted by Gasteiger charge is -2.40. The highest BCUT2D eigenvalue weighted by Gasteiger charge is 2.41. The van der Waals surface area contributed by atoms with Crippen molar-refractivity contribution >= 4 is 15.7 Å². The third kappa shape index (κ3) is 2.41. The third-order valence-corrected chi connectivity index (χ3v) is 5.80. The minimum absolute atomic E-state index is 0.00359. The number of aryl methyl sites for hydroxylation is 1. The van der Waals surface area contributed by atoms with Gasteiger partial charge in [0.05, 0.1) is 22.7 Å². The average Bonchev–Trinajstić information content (AvgIpc) is 2.30. The van der Waals surface area contributed by atoms with Crippen LogP contribution in [0.1, 0.15) is 30.4 Å². The molecule has 0 atom stereocenters. The van der Waals surface area contributed by atoms with Gasteiger partial charge in [0.25, 0.3) is 0 Å². The van der Waals surface area contributed by atoms with Gasteiger partial charge in [-0.05, 0) is 50.3 Å². The second-order valence-corrected chi connectivity index (χ2v) is 7.06. The Balaban J connectivity index is 2.47. The lowest BCUT2D eigenvalue weighted by molar-refractivity contribution is 0.110. The Labute approximate surface area is 118 Å². The normalized spacial score (nSPS) is 17.8. The Morgan fingerprint density at radius 3 is 2.50 bits per heavy atom. The van der Waals surface area contributed by atoms with Gasteiger partial charge in [0.1, 0.15) is 5.82 Å². The van der Waals surface area contributed by atoms with E-state index in [9.17, 15) is 17.9 Å². The van der Waals surface area contributed by atoms with Crippen molar-refractivity contribution in [3.05, 3.63) is 23.0 Å².